The normalized spacial score (nSPS) is 15.0. The summed E-state index contributed by atoms with van der Waals surface area (Å²) in [6.07, 6.45) is -1.54. The fraction of sp³-hybridized carbons (Fsp3) is 0.400. The molecule has 0 aliphatic carbocycles. The molecule has 0 aromatic heterocycles. The van der Waals surface area contributed by atoms with Crippen LogP contribution in [0.4, 0.5) is 4.39 Å². The summed E-state index contributed by atoms with van der Waals surface area (Å²) in [5.41, 5.74) is 0.371. The van der Waals surface area contributed by atoms with Crippen molar-refractivity contribution in [3.05, 3.63) is 34.1 Å². The summed E-state index contributed by atoms with van der Waals surface area (Å²) in [6.45, 7) is 0. The lowest BCUT2D eigenvalue weighted by molar-refractivity contribution is 0.0172. The first kappa shape index (κ1) is 13.1. The van der Waals surface area contributed by atoms with Crippen LogP contribution in [0.2, 0.25) is 0 Å². The predicted molar refractivity (Wildman–Crippen MR) is 63.5 cm³/mol. The molecule has 0 aliphatic rings. The zero-order chi connectivity index (χ0) is 11.4. The van der Waals surface area contributed by atoms with Gasteiger partial charge in [-0.05, 0) is 30.2 Å². The maximum Gasteiger partial charge on any atom is 0.124 e. The van der Waals surface area contributed by atoms with Crippen molar-refractivity contribution in [2.45, 2.75) is 18.6 Å². The van der Waals surface area contributed by atoms with Crippen LogP contribution in [0.3, 0.4) is 0 Å². The Morgan fingerprint density at radius 2 is 1.93 bits per heavy atom. The minimum absolute atomic E-state index is 0.371. The van der Waals surface area contributed by atoms with E-state index >= 15 is 0 Å². The smallest absolute Gasteiger partial charge is 0.124 e. The molecule has 5 heteroatoms. The Hall–Kier alpha value is 0.0300. The van der Waals surface area contributed by atoms with E-state index in [0.29, 0.717) is 21.8 Å². The van der Waals surface area contributed by atoms with Gasteiger partial charge in [0.1, 0.15) is 11.9 Å². The second-order valence-corrected chi connectivity index (χ2v) is 4.90. The van der Waals surface area contributed by atoms with Gasteiger partial charge in [0, 0.05) is 9.80 Å². The number of benzene rings is 1. The molecule has 2 N–H and O–H groups in total. The summed E-state index contributed by atoms with van der Waals surface area (Å²) < 4.78 is 13.5. The predicted octanol–water partition coefficient (Wildman–Crippen LogP) is 2.77. The van der Waals surface area contributed by atoms with E-state index in [1.165, 1.54) is 12.1 Å². The summed E-state index contributed by atoms with van der Waals surface area (Å²) in [5.74, 6) is -0.440. The fourth-order valence-corrected chi connectivity index (χ4v) is 2.19. The maximum absolute atomic E-state index is 13.0. The van der Waals surface area contributed by atoms with Gasteiger partial charge in [-0.2, -0.15) is 0 Å². The third kappa shape index (κ3) is 3.83. The quantitative estimate of drug-likeness (QED) is 0.827. The third-order valence-electron chi connectivity index (χ3n) is 2.00. The summed E-state index contributed by atoms with van der Waals surface area (Å²) in [4.78, 5) is 0. The third-order valence-corrected chi connectivity index (χ3v) is 2.91. The van der Waals surface area contributed by atoms with E-state index < -0.39 is 18.0 Å². The molecule has 2 atom stereocenters. The number of alkyl halides is 1. The van der Waals surface area contributed by atoms with Gasteiger partial charge in [0.2, 0.25) is 0 Å². The number of halogens is 3. The molecule has 2 nitrogen and oxygen atoms in total. The van der Waals surface area contributed by atoms with Crippen LogP contribution in [0.15, 0.2) is 22.7 Å². The van der Waals surface area contributed by atoms with Crippen molar-refractivity contribution in [1.29, 1.82) is 0 Å². The van der Waals surface area contributed by atoms with E-state index in [1.54, 1.807) is 6.07 Å². The van der Waals surface area contributed by atoms with Gasteiger partial charge in [-0.1, -0.05) is 31.9 Å². The average molecular weight is 342 g/mol. The van der Waals surface area contributed by atoms with Gasteiger partial charge in [0.15, 0.2) is 0 Å². The number of aliphatic hydroxyl groups excluding tert-OH is 2. The molecule has 0 aliphatic heterocycles. The van der Waals surface area contributed by atoms with Gasteiger partial charge in [-0.25, -0.2) is 4.39 Å². The number of rotatable bonds is 4. The second kappa shape index (κ2) is 5.94. The number of aliphatic hydroxyl groups is 2. The lowest BCUT2D eigenvalue weighted by atomic mass is 10.0. The van der Waals surface area contributed by atoms with Crippen molar-refractivity contribution in [1.82, 2.24) is 0 Å². The molecular weight excluding hydrogens is 331 g/mol. The van der Waals surface area contributed by atoms with Crippen molar-refractivity contribution in [3.8, 4) is 0 Å². The van der Waals surface area contributed by atoms with E-state index in [2.05, 4.69) is 31.9 Å². The first-order valence-corrected chi connectivity index (χ1v) is 6.34. The molecule has 0 radical (unpaired) electrons. The molecule has 1 aromatic carbocycles. The second-order valence-electron chi connectivity index (χ2n) is 3.19. The Morgan fingerprint density at radius 1 is 1.27 bits per heavy atom. The minimum Gasteiger partial charge on any atom is -0.390 e. The highest BCUT2D eigenvalue weighted by Crippen LogP contribution is 2.24. The molecule has 15 heavy (non-hydrogen) atoms. The maximum atomic E-state index is 13.0. The summed E-state index contributed by atoms with van der Waals surface area (Å²) in [7, 11) is 0. The topological polar surface area (TPSA) is 40.5 Å². The molecular formula is C10H11Br2FO2. The molecule has 0 heterocycles. The van der Waals surface area contributed by atoms with Crippen LogP contribution in [0.5, 0.6) is 0 Å². The molecule has 0 bridgehead atoms. The monoisotopic (exact) mass is 340 g/mol. The lowest BCUT2D eigenvalue weighted by Gasteiger charge is -2.17. The zero-order valence-electron chi connectivity index (χ0n) is 7.83. The molecule has 0 amide bonds. The number of hydrogen-bond acceptors (Lipinski definition) is 2. The van der Waals surface area contributed by atoms with Crippen LogP contribution in [-0.2, 0) is 0 Å². The van der Waals surface area contributed by atoms with Gasteiger partial charge in [-0.3, -0.25) is 0 Å². The van der Waals surface area contributed by atoms with Gasteiger partial charge in [0.05, 0.1) is 6.10 Å². The van der Waals surface area contributed by atoms with Crippen molar-refractivity contribution in [2.75, 3.05) is 5.33 Å². The molecule has 0 spiro atoms. The summed E-state index contributed by atoms with van der Waals surface area (Å²) in [5, 5.41) is 19.8. The van der Waals surface area contributed by atoms with Gasteiger partial charge in [-0.15, -0.1) is 0 Å². The Labute approximate surface area is 104 Å². The van der Waals surface area contributed by atoms with E-state index in [4.69, 9.17) is 0 Å². The molecule has 1 aromatic rings. The summed E-state index contributed by atoms with van der Waals surface area (Å²) >= 11 is 6.29. The highest BCUT2D eigenvalue weighted by molar-refractivity contribution is 9.10. The van der Waals surface area contributed by atoms with Crippen molar-refractivity contribution < 1.29 is 14.6 Å². The minimum atomic E-state index is -1.06. The Kier molecular flexibility index (Phi) is 5.18. The van der Waals surface area contributed by atoms with Crippen LogP contribution in [-0.4, -0.2) is 21.6 Å². The van der Waals surface area contributed by atoms with E-state index in [0.717, 1.165) is 0 Å². The molecule has 84 valence electrons. The molecule has 2 unspecified atom stereocenters. The summed E-state index contributed by atoms with van der Waals surface area (Å²) in [6, 6.07) is 4.10. The van der Waals surface area contributed by atoms with Crippen molar-refractivity contribution >= 4 is 31.9 Å². The van der Waals surface area contributed by atoms with Gasteiger partial charge < -0.3 is 10.2 Å². The van der Waals surface area contributed by atoms with E-state index in [1.807, 2.05) is 0 Å². The van der Waals surface area contributed by atoms with Crippen LogP contribution in [0, 0.1) is 5.82 Å². The van der Waals surface area contributed by atoms with Crippen molar-refractivity contribution in [2.24, 2.45) is 0 Å². The molecule has 0 saturated carbocycles. The van der Waals surface area contributed by atoms with Crippen LogP contribution in [0.25, 0.3) is 0 Å². The van der Waals surface area contributed by atoms with Crippen molar-refractivity contribution in [3.63, 3.8) is 0 Å². The van der Waals surface area contributed by atoms with Crippen LogP contribution in [0.1, 0.15) is 18.1 Å². The van der Waals surface area contributed by atoms with Crippen LogP contribution < -0.4 is 0 Å². The van der Waals surface area contributed by atoms with Crippen LogP contribution >= 0.6 is 31.9 Å². The van der Waals surface area contributed by atoms with Gasteiger partial charge >= 0.3 is 0 Å². The Balaban J connectivity index is 2.85. The first-order valence-electron chi connectivity index (χ1n) is 4.42. The largest absolute Gasteiger partial charge is 0.390 e. The lowest BCUT2D eigenvalue weighted by Crippen LogP contribution is -2.18. The molecule has 0 fully saturated rings. The standard InChI is InChI=1S/C10H11Br2FO2/c11-2-1-9(14)10(15)6-3-7(12)5-8(13)4-6/h3-5,9-10,14-15H,1-2H2. The average Bonchev–Trinajstić information content (AvgIpc) is 2.15. The molecule has 0 saturated heterocycles. The number of hydrogen-bond donors (Lipinski definition) is 2. The highest BCUT2D eigenvalue weighted by atomic mass is 79.9. The Bertz CT molecular complexity index is 313. The SMILES string of the molecule is OC(CCBr)C(O)c1cc(F)cc(Br)c1. The first-order chi connectivity index (χ1) is 7.04. The van der Waals surface area contributed by atoms with E-state index in [9.17, 15) is 14.6 Å². The van der Waals surface area contributed by atoms with Gasteiger partial charge in [0.25, 0.3) is 0 Å². The zero-order valence-corrected chi connectivity index (χ0v) is 11.0. The fourth-order valence-electron chi connectivity index (χ4n) is 1.24. The van der Waals surface area contributed by atoms with E-state index in [-0.39, 0.29) is 0 Å². The molecule has 1 rings (SSSR count). The Morgan fingerprint density at radius 3 is 2.47 bits per heavy atom. The highest BCUT2D eigenvalue weighted by Gasteiger charge is 2.18.